The maximum absolute atomic E-state index is 5.51. The summed E-state index contributed by atoms with van der Waals surface area (Å²) >= 11 is 0. The smallest absolute Gasteiger partial charge is 0.231 e. The summed E-state index contributed by atoms with van der Waals surface area (Å²) in [4.78, 5) is 5.26. The minimum atomic E-state index is 0.254. The summed E-state index contributed by atoms with van der Waals surface area (Å²) in [5.41, 5.74) is 1.11. The highest BCUT2D eigenvalue weighted by molar-refractivity contribution is 5.44. The molecule has 0 spiro atoms. The normalized spacial score (nSPS) is 21.7. The van der Waals surface area contributed by atoms with E-state index in [1.807, 2.05) is 16.8 Å². The second-order valence-corrected chi connectivity index (χ2v) is 8.32. The maximum Gasteiger partial charge on any atom is 0.231 e. The van der Waals surface area contributed by atoms with Crippen LogP contribution in [0.3, 0.4) is 0 Å². The number of aromatic nitrogens is 4. The summed E-state index contributed by atoms with van der Waals surface area (Å²) in [6.45, 7) is 7.65. The molecule has 2 aromatic rings. The summed E-state index contributed by atoms with van der Waals surface area (Å²) < 4.78 is 12.9. The van der Waals surface area contributed by atoms with Crippen molar-refractivity contribution in [2.45, 2.75) is 57.7 Å². The Morgan fingerprint density at radius 2 is 1.86 bits per heavy atom. The Morgan fingerprint density at radius 3 is 2.66 bits per heavy atom. The molecule has 156 valence electrons. The van der Waals surface area contributed by atoms with Crippen molar-refractivity contribution in [3.63, 3.8) is 0 Å². The summed E-state index contributed by atoms with van der Waals surface area (Å²) in [5.74, 6) is 2.56. The maximum atomic E-state index is 5.51. The fraction of sp³-hybridized carbons (Fsp3) is 0.667. The predicted molar refractivity (Wildman–Crippen MR) is 108 cm³/mol. The molecule has 0 amide bonds. The lowest BCUT2D eigenvalue weighted by Crippen LogP contribution is -2.50. The molecular weight excluding hydrogens is 368 g/mol. The van der Waals surface area contributed by atoms with Crippen molar-refractivity contribution in [3.8, 4) is 11.5 Å². The van der Waals surface area contributed by atoms with Gasteiger partial charge in [-0.2, -0.15) is 0 Å². The summed E-state index contributed by atoms with van der Waals surface area (Å²) in [5, 5.41) is 12.7. The van der Waals surface area contributed by atoms with Gasteiger partial charge in [0.05, 0.1) is 12.6 Å². The van der Waals surface area contributed by atoms with E-state index in [1.165, 1.54) is 25.7 Å². The molecule has 1 aromatic carbocycles. The van der Waals surface area contributed by atoms with Gasteiger partial charge in [-0.05, 0) is 47.4 Å². The molecule has 8 heteroatoms. The van der Waals surface area contributed by atoms with Crippen LogP contribution in [-0.4, -0.2) is 69.0 Å². The molecule has 1 saturated heterocycles. The largest absolute Gasteiger partial charge is 0.454 e. The van der Waals surface area contributed by atoms with Gasteiger partial charge in [-0.1, -0.05) is 25.8 Å². The van der Waals surface area contributed by atoms with Gasteiger partial charge in [0.15, 0.2) is 17.3 Å². The number of hydrogen-bond acceptors (Lipinski definition) is 7. The molecule has 0 unspecified atom stereocenters. The molecule has 29 heavy (non-hydrogen) atoms. The lowest BCUT2D eigenvalue weighted by Gasteiger charge is -2.40. The molecule has 0 bridgehead atoms. The average Bonchev–Trinajstić information content (AvgIpc) is 3.51. The molecule has 1 atom stereocenters. The molecule has 8 nitrogen and oxygen atoms in total. The van der Waals surface area contributed by atoms with E-state index < -0.39 is 0 Å². The highest BCUT2D eigenvalue weighted by Gasteiger charge is 2.31. The number of ether oxygens (including phenoxy) is 2. The molecule has 1 aromatic heterocycles. The van der Waals surface area contributed by atoms with Gasteiger partial charge in [0.2, 0.25) is 6.79 Å². The van der Waals surface area contributed by atoms with Crippen LogP contribution in [0.4, 0.5) is 0 Å². The van der Waals surface area contributed by atoms with Gasteiger partial charge in [0, 0.05) is 32.2 Å². The van der Waals surface area contributed by atoms with Gasteiger partial charge < -0.3 is 9.47 Å². The second-order valence-electron chi connectivity index (χ2n) is 8.32. The van der Waals surface area contributed by atoms with Crippen molar-refractivity contribution in [3.05, 3.63) is 29.6 Å². The first-order valence-electron chi connectivity index (χ1n) is 10.9. The minimum Gasteiger partial charge on any atom is -0.454 e. The first kappa shape index (κ1) is 18.8. The molecule has 1 saturated carbocycles. The molecule has 2 aliphatic heterocycles. The number of hydrogen-bond donors (Lipinski definition) is 0. The fourth-order valence-corrected chi connectivity index (χ4v) is 5.06. The molecule has 3 aliphatic rings. The fourth-order valence-electron chi connectivity index (χ4n) is 5.06. The van der Waals surface area contributed by atoms with Gasteiger partial charge in [0.25, 0.3) is 0 Å². The third kappa shape index (κ3) is 3.83. The Labute approximate surface area is 171 Å². The number of rotatable bonds is 6. The first-order chi connectivity index (χ1) is 14.3. The van der Waals surface area contributed by atoms with Crippen molar-refractivity contribution in [1.29, 1.82) is 0 Å². The first-order valence-corrected chi connectivity index (χ1v) is 10.9. The van der Waals surface area contributed by atoms with E-state index in [0.717, 1.165) is 61.5 Å². The van der Waals surface area contributed by atoms with Crippen molar-refractivity contribution in [1.82, 2.24) is 30.0 Å². The Hall–Kier alpha value is -2.19. The monoisotopic (exact) mass is 398 g/mol. The average molecular weight is 399 g/mol. The van der Waals surface area contributed by atoms with Crippen LogP contribution < -0.4 is 9.47 Å². The number of nitrogens with zero attached hydrogens (tertiary/aromatic N) is 6. The van der Waals surface area contributed by atoms with Crippen LogP contribution in [-0.2, 0) is 6.54 Å². The van der Waals surface area contributed by atoms with Gasteiger partial charge in [-0.25, -0.2) is 4.68 Å². The standard InChI is InChI=1S/C21H30N6O2/c1-2-18(26-11-9-25(10-12-26)17-5-3-4-6-17)21-22-23-24-27(21)14-16-7-8-19-20(13-16)29-15-28-19/h7-8,13,17-18H,2-6,9-12,14-15H2,1H3/t18-/m1/s1. The lowest BCUT2D eigenvalue weighted by atomic mass is 10.1. The zero-order valence-electron chi connectivity index (χ0n) is 17.2. The van der Waals surface area contributed by atoms with Crippen LogP contribution in [0.2, 0.25) is 0 Å². The van der Waals surface area contributed by atoms with Crippen LogP contribution in [0.15, 0.2) is 18.2 Å². The van der Waals surface area contributed by atoms with Crippen molar-refractivity contribution in [2.24, 2.45) is 0 Å². The van der Waals surface area contributed by atoms with Crippen molar-refractivity contribution < 1.29 is 9.47 Å². The molecule has 0 radical (unpaired) electrons. The van der Waals surface area contributed by atoms with E-state index in [9.17, 15) is 0 Å². The topological polar surface area (TPSA) is 68.5 Å². The van der Waals surface area contributed by atoms with Crippen LogP contribution >= 0.6 is 0 Å². The molecule has 1 aliphatic carbocycles. The van der Waals surface area contributed by atoms with E-state index in [1.54, 1.807) is 0 Å². The van der Waals surface area contributed by atoms with Crippen LogP contribution in [0, 0.1) is 0 Å². The highest BCUT2D eigenvalue weighted by atomic mass is 16.7. The van der Waals surface area contributed by atoms with Crippen LogP contribution in [0.1, 0.15) is 56.5 Å². The van der Waals surface area contributed by atoms with E-state index >= 15 is 0 Å². The molecule has 5 rings (SSSR count). The summed E-state index contributed by atoms with van der Waals surface area (Å²) in [6, 6.07) is 7.11. The SMILES string of the molecule is CC[C@H](c1nnnn1Cc1ccc2c(c1)OCO2)N1CCN(C2CCCC2)CC1. The molecule has 2 fully saturated rings. The van der Waals surface area contributed by atoms with Gasteiger partial charge in [-0.15, -0.1) is 5.10 Å². The minimum absolute atomic E-state index is 0.254. The Morgan fingerprint density at radius 1 is 1.07 bits per heavy atom. The van der Waals surface area contributed by atoms with E-state index in [0.29, 0.717) is 13.3 Å². The second kappa shape index (κ2) is 8.28. The Balaban J connectivity index is 1.27. The highest BCUT2D eigenvalue weighted by Crippen LogP contribution is 2.33. The quantitative estimate of drug-likeness (QED) is 0.740. The summed E-state index contributed by atoms with van der Waals surface area (Å²) in [7, 11) is 0. The van der Waals surface area contributed by atoms with Crippen LogP contribution in [0.5, 0.6) is 11.5 Å². The number of benzene rings is 1. The zero-order valence-corrected chi connectivity index (χ0v) is 17.2. The van der Waals surface area contributed by atoms with Gasteiger partial charge in [0.1, 0.15) is 0 Å². The van der Waals surface area contributed by atoms with Gasteiger partial charge in [-0.3, -0.25) is 9.80 Å². The van der Waals surface area contributed by atoms with E-state index in [2.05, 4.69) is 38.3 Å². The number of fused-ring (bicyclic) bond motifs is 1. The molecule has 3 heterocycles. The molecule has 0 N–H and O–H groups in total. The van der Waals surface area contributed by atoms with Crippen molar-refractivity contribution >= 4 is 0 Å². The third-order valence-electron chi connectivity index (χ3n) is 6.64. The lowest BCUT2D eigenvalue weighted by molar-refractivity contribution is 0.0646. The number of tetrazole rings is 1. The van der Waals surface area contributed by atoms with Crippen LogP contribution in [0.25, 0.3) is 0 Å². The van der Waals surface area contributed by atoms with E-state index in [4.69, 9.17) is 9.47 Å². The predicted octanol–water partition coefficient (Wildman–Crippen LogP) is 2.46. The zero-order chi connectivity index (χ0) is 19.6. The molecular formula is C21H30N6O2. The van der Waals surface area contributed by atoms with Crippen molar-refractivity contribution in [2.75, 3.05) is 33.0 Å². The Kier molecular flexibility index (Phi) is 5.37. The third-order valence-corrected chi connectivity index (χ3v) is 6.64. The number of piperazine rings is 1. The Bertz CT molecular complexity index is 826. The van der Waals surface area contributed by atoms with Gasteiger partial charge >= 0.3 is 0 Å². The van der Waals surface area contributed by atoms with E-state index in [-0.39, 0.29) is 6.04 Å². The summed E-state index contributed by atoms with van der Waals surface area (Å²) in [6.07, 6.45) is 6.56.